The van der Waals surface area contributed by atoms with E-state index in [4.69, 9.17) is 4.74 Å². The summed E-state index contributed by atoms with van der Waals surface area (Å²) in [4.78, 5) is 2.38. The molecule has 1 atom stereocenters. The molecule has 1 saturated heterocycles. The molecular weight excluding hydrogens is 253 g/mol. The summed E-state index contributed by atoms with van der Waals surface area (Å²) in [6.07, 6.45) is 8.24. The van der Waals surface area contributed by atoms with Crippen molar-refractivity contribution in [3.05, 3.63) is 41.7 Å². The first-order valence-corrected chi connectivity index (χ1v) is 7.54. The number of likely N-dealkylation sites (N-methyl/N-ethyl adjacent to an activating group) is 1. The van der Waals surface area contributed by atoms with Crippen LogP contribution in [0.3, 0.4) is 0 Å². The van der Waals surface area contributed by atoms with Crippen LogP contribution in [-0.2, 0) is 4.74 Å². The molecule has 0 spiro atoms. The summed E-state index contributed by atoms with van der Waals surface area (Å²) in [6.45, 7) is 6.02. The van der Waals surface area contributed by atoms with Crippen LogP contribution in [0.1, 0.15) is 31.7 Å². The second kappa shape index (κ2) is 8.18. The van der Waals surface area contributed by atoms with Crippen molar-refractivity contribution in [2.45, 2.75) is 32.3 Å². The third-order valence-corrected chi connectivity index (χ3v) is 3.73. The van der Waals surface area contributed by atoms with Gasteiger partial charge >= 0.3 is 0 Å². The van der Waals surface area contributed by atoms with E-state index in [0.717, 1.165) is 31.8 Å². The third-order valence-electron chi connectivity index (χ3n) is 3.73. The van der Waals surface area contributed by atoms with Crippen LogP contribution in [0.5, 0.6) is 0 Å². The van der Waals surface area contributed by atoms with Gasteiger partial charge in [0, 0.05) is 19.7 Å². The Labute approximate surface area is 121 Å². The highest BCUT2D eigenvalue weighted by Crippen LogP contribution is 2.14. The molecule has 0 aliphatic carbocycles. The number of benzene rings is 1. The molecule has 20 heavy (non-hydrogen) atoms. The molecule has 0 aromatic heterocycles. The van der Waals surface area contributed by atoms with Gasteiger partial charge < -0.3 is 4.74 Å². The molecule has 110 valence electrons. The van der Waals surface area contributed by atoms with Crippen LogP contribution in [0, 0.1) is 5.82 Å². The van der Waals surface area contributed by atoms with Gasteiger partial charge in [0.25, 0.3) is 0 Å². The second-order valence-corrected chi connectivity index (χ2v) is 5.29. The Bertz CT molecular complexity index is 410. The zero-order valence-electron chi connectivity index (χ0n) is 12.2. The molecule has 1 aliphatic rings. The molecule has 1 fully saturated rings. The molecule has 1 unspecified atom stereocenters. The van der Waals surface area contributed by atoms with E-state index in [9.17, 15) is 4.39 Å². The van der Waals surface area contributed by atoms with Crippen molar-refractivity contribution >= 4 is 6.08 Å². The van der Waals surface area contributed by atoms with E-state index in [-0.39, 0.29) is 5.82 Å². The van der Waals surface area contributed by atoms with Crippen molar-refractivity contribution in [2.75, 3.05) is 26.2 Å². The maximum absolute atomic E-state index is 12.8. The fourth-order valence-corrected chi connectivity index (χ4v) is 2.48. The first-order chi connectivity index (χ1) is 9.78. The van der Waals surface area contributed by atoms with Crippen molar-refractivity contribution in [1.82, 2.24) is 4.90 Å². The summed E-state index contributed by atoms with van der Waals surface area (Å²) >= 11 is 0. The lowest BCUT2D eigenvalue weighted by Gasteiger charge is -2.28. The third kappa shape index (κ3) is 5.06. The zero-order valence-corrected chi connectivity index (χ0v) is 12.2. The maximum Gasteiger partial charge on any atom is 0.123 e. The van der Waals surface area contributed by atoms with Crippen LogP contribution in [0.25, 0.3) is 6.08 Å². The highest BCUT2D eigenvalue weighted by atomic mass is 19.1. The fraction of sp³-hybridized carbons (Fsp3) is 0.529. The first kappa shape index (κ1) is 15.2. The summed E-state index contributed by atoms with van der Waals surface area (Å²) in [5.41, 5.74) is 1.04. The number of halogens is 1. The van der Waals surface area contributed by atoms with Gasteiger partial charge in [0.1, 0.15) is 5.82 Å². The quantitative estimate of drug-likeness (QED) is 0.785. The molecule has 3 heteroatoms. The summed E-state index contributed by atoms with van der Waals surface area (Å²) in [5.74, 6) is -0.188. The van der Waals surface area contributed by atoms with E-state index in [1.807, 2.05) is 6.08 Å². The van der Waals surface area contributed by atoms with Gasteiger partial charge in [-0.05, 0) is 43.5 Å². The minimum Gasteiger partial charge on any atom is -0.377 e. The van der Waals surface area contributed by atoms with Gasteiger partial charge in [-0.3, -0.25) is 4.90 Å². The molecule has 2 rings (SSSR count). The van der Waals surface area contributed by atoms with Crippen LogP contribution >= 0.6 is 0 Å². The fourth-order valence-electron chi connectivity index (χ4n) is 2.48. The van der Waals surface area contributed by atoms with Gasteiger partial charge in [-0.2, -0.15) is 0 Å². The van der Waals surface area contributed by atoms with Crippen molar-refractivity contribution < 1.29 is 9.13 Å². The average Bonchev–Trinajstić information content (AvgIpc) is 2.49. The Balaban J connectivity index is 1.79. The Morgan fingerprint density at radius 3 is 2.75 bits per heavy atom. The molecule has 1 aromatic rings. The zero-order chi connectivity index (χ0) is 14.2. The molecule has 1 heterocycles. The highest BCUT2D eigenvalue weighted by molar-refractivity contribution is 5.48. The van der Waals surface area contributed by atoms with Crippen LogP contribution in [0.15, 0.2) is 30.3 Å². The predicted octanol–water partition coefficient (Wildman–Crippen LogP) is 3.73. The maximum atomic E-state index is 12.8. The molecule has 1 aromatic carbocycles. The van der Waals surface area contributed by atoms with Gasteiger partial charge in [0.15, 0.2) is 0 Å². The van der Waals surface area contributed by atoms with Gasteiger partial charge in [0.2, 0.25) is 0 Å². The Morgan fingerprint density at radius 1 is 1.30 bits per heavy atom. The molecule has 0 radical (unpaired) electrons. The molecule has 1 aliphatic heterocycles. The topological polar surface area (TPSA) is 12.5 Å². The molecular formula is C17H24FNO. The second-order valence-electron chi connectivity index (χ2n) is 5.29. The molecule has 0 N–H and O–H groups in total. The van der Waals surface area contributed by atoms with Gasteiger partial charge in [-0.1, -0.05) is 31.2 Å². The SMILES string of the molecule is CCN(C/C=C/c1ccc(F)cc1)CC1CCCCO1. The first-order valence-electron chi connectivity index (χ1n) is 7.54. The number of hydrogen-bond donors (Lipinski definition) is 0. The molecule has 0 bridgehead atoms. The van der Waals surface area contributed by atoms with E-state index in [0.29, 0.717) is 6.10 Å². The van der Waals surface area contributed by atoms with Crippen LogP contribution in [-0.4, -0.2) is 37.2 Å². The lowest BCUT2D eigenvalue weighted by molar-refractivity contribution is -0.00296. The van der Waals surface area contributed by atoms with Gasteiger partial charge in [-0.25, -0.2) is 4.39 Å². The summed E-state index contributed by atoms with van der Waals surface area (Å²) in [7, 11) is 0. The average molecular weight is 277 g/mol. The van der Waals surface area contributed by atoms with Crippen LogP contribution in [0.2, 0.25) is 0 Å². The molecule has 0 saturated carbocycles. The van der Waals surface area contributed by atoms with Crippen molar-refractivity contribution in [1.29, 1.82) is 0 Å². The van der Waals surface area contributed by atoms with E-state index < -0.39 is 0 Å². The van der Waals surface area contributed by atoms with Crippen molar-refractivity contribution in [2.24, 2.45) is 0 Å². The van der Waals surface area contributed by atoms with E-state index in [1.54, 1.807) is 12.1 Å². The number of rotatable bonds is 6. The number of nitrogens with zero attached hydrogens (tertiary/aromatic N) is 1. The minimum atomic E-state index is -0.188. The van der Waals surface area contributed by atoms with Crippen molar-refractivity contribution in [3.63, 3.8) is 0 Å². The summed E-state index contributed by atoms with van der Waals surface area (Å²) in [5, 5.41) is 0. The lowest BCUT2D eigenvalue weighted by Crippen LogP contribution is -2.35. The Hall–Kier alpha value is -1.19. The predicted molar refractivity (Wildman–Crippen MR) is 81.1 cm³/mol. The molecule has 0 amide bonds. The lowest BCUT2D eigenvalue weighted by atomic mass is 10.1. The summed E-state index contributed by atoms with van der Waals surface area (Å²) in [6, 6.07) is 6.58. The smallest absolute Gasteiger partial charge is 0.123 e. The minimum absolute atomic E-state index is 0.188. The summed E-state index contributed by atoms with van der Waals surface area (Å²) < 4.78 is 18.6. The Morgan fingerprint density at radius 2 is 2.10 bits per heavy atom. The van der Waals surface area contributed by atoms with Crippen LogP contribution < -0.4 is 0 Å². The normalized spacial score (nSPS) is 19.9. The van der Waals surface area contributed by atoms with Crippen molar-refractivity contribution in [3.8, 4) is 0 Å². The van der Waals surface area contributed by atoms with E-state index in [2.05, 4.69) is 17.9 Å². The number of ether oxygens (including phenoxy) is 1. The standard InChI is InChI=1S/C17H24FNO/c1-2-19(14-17-7-3-4-13-20-17)12-5-6-15-8-10-16(18)11-9-15/h5-6,8-11,17H,2-4,7,12-14H2,1H3/b6-5+. The Kier molecular flexibility index (Phi) is 6.22. The van der Waals surface area contributed by atoms with Gasteiger partial charge in [-0.15, -0.1) is 0 Å². The number of hydrogen-bond acceptors (Lipinski definition) is 2. The monoisotopic (exact) mass is 277 g/mol. The largest absolute Gasteiger partial charge is 0.377 e. The highest BCUT2D eigenvalue weighted by Gasteiger charge is 2.16. The molecule has 2 nitrogen and oxygen atoms in total. The van der Waals surface area contributed by atoms with E-state index in [1.165, 1.54) is 31.4 Å². The van der Waals surface area contributed by atoms with E-state index >= 15 is 0 Å². The van der Waals surface area contributed by atoms with Gasteiger partial charge in [0.05, 0.1) is 6.10 Å². The van der Waals surface area contributed by atoms with Crippen LogP contribution in [0.4, 0.5) is 4.39 Å².